The van der Waals surface area contributed by atoms with Gasteiger partial charge in [-0.1, -0.05) is 24.3 Å². The van der Waals surface area contributed by atoms with E-state index >= 15 is 0 Å². The number of halogens is 2. The van der Waals surface area contributed by atoms with Crippen LogP contribution in [0.1, 0.15) is 36.5 Å². The summed E-state index contributed by atoms with van der Waals surface area (Å²) in [7, 11) is 0. The van der Waals surface area contributed by atoms with Gasteiger partial charge in [-0.05, 0) is 60.4 Å². The van der Waals surface area contributed by atoms with Gasteiger partial charge in [0.15, 0.2) is 0 Å². The number of carbonyl (C=O) groups excluding carboxylic acids is 1. The lowest BCUT2D eigenvalue weighted by atomic mass is 9.98. The van der Waals surface area contributed by atoms with Crippen LogP contribution in [0.2, 0.25) is 0 Å². The molecule has 6 nitrogen and oxygen atoms in total. The van der Waals surface area contributed by atoms with Gasteiger partial charge in [-0.3, -0.25) is 9.79 Å². The van der Waals surface area contributed by atoms with Gasteiger partial charge in [0.1, 0.15) is 11.6 Å². The number of hydrogen-bond acceptors (Lipinski definition) is 5. The molecule has 2 atom stereocenters. The average Bonchev–Trinajstić information content (AvgIpc) is 3.55. The third-order valence-electron chi connectivity index (χ3n) is 5.69. The molecule has 2 unspecified atom stereocenters. The Morgan fingerprint density at radius 1 is 1.21 bits per heavy atom. The van der Waals surface area contributed by atoms with Crippen LogP contribution in [0.4, 0.5) is 8.78 Å². The molecule has 1 fully saturated rings. The SMILES string of the molecule is CC(=O)NC(Cc1cc(F)cc(F)c1)C(O)CNC1(c2cccc(CN=CC=CN)c2)CC1. The fourth-order valence-electron chi connectivity index (χ4n) is 3.90. The van der Waals surface area contributed by atoms with E-state index in [0.29, 0.717) is 12.1 Å². The maximum absolute atomic E-state index is 13.6. The number of rotatable bonds is 11. The zero-order chi connectivity index (χ0) is 23.8. The predicted octanol–water partition coefficient (Wildman–Crippen LogP) is 2.70. The van der Waals surface area contributed by atoms with Gasteiger partial charge in [-0.25, -0.2) is 8.78 Å². The standard InChI is InChI=1S/C25H30F2N4O2/c1-17(32)31-23(13-19-11-21(26)14-22(27)12-19)24(33)16-30-25(6-7-25)20-5-2-4-18(10-20)15-29-9-3-8-28/h2-5,8-12,14,23-24,30,33H,6-7,13,15-16,28H2,1H3,(H,31,32). The Bertz CT molecular complexity index is 1000. The number of allylic oxidation sites excluding steroid dienone is 1. The number of aliphatic hydroxyl groups excluding tert-OH is 1. The minimum atomic E-state index is -0.950. The summed E-state index contributed by atoms with van der Waals surface area (Å²) in [6.45, 7) is 2.09. The highest BCUT2D eigenvalue weighted by atomic mass is 19.1. The normalized spacial score (nSPS) is 16.7. The molecule has 0 heterocycles. The van der Waals surface area contributed by atoms with Crippen molar-refractivity contribution in [2.24, 2.45) is 10.7 Å². The highest BCUT2D eigenvalue weighted by Crippen LogP contribution is 2.45. The van der Waals surface area contributed by atoms with Gasteiger partial charge in [-0.15, -0.1) is 0 Å². The van der Waals surface area contributed by atoms with Gasteiger partial charge in [-0.2, -0.15) is 0 Å². The second kappa shape index (κ2) is 11.2. The zero-order valence-electron chi connectivity index (χ0n) is 18.6. The summed E-state index contributed by atoms with van der Waals surface area (Å²) in [4.78, 5) is 16.0. The molecule has 0 aromatic heterocycles. The predicted molar refractivity (Wildman–Crippen MR) is 125 cm³/mol. The number of aliphatic imine (C=N–C) groups is 1. The number of carbonyl (C=O) groups is 1. The van der Waals surface area contributed by atoms with Crippen molar-refractivity contribution in [3.63, 3.8) is 0 Å². The first-order valence-electron chi connectivity index (χ1n) is 10.9. The maximum atomic E-state index is 13.6. The van der Waals surface area contributed by atoms with Crippen molar-refractivity contribution < 1.29 is 18.7 Å². The van der Waals surface area contributed by atoms with Crippen LogP contribution in [0.5, 0.6) is 0 Å². The second-order valence-electron chi connectivity index (χ2n) is 8.39. The van der Waals surface area contributed by atoms with E-state index in [1.807, 2.05) is 18.2 Å². The van der Waals surface area contributed by atoms with E-state index in [2.05, 4.69) is 21.7 Å². The third-order valence-corrected chi connectivity index (χ3v) is 5.69. The van der Waals surface area contributed by atoms with Gasteiger partial charge >= 0.3 is 0 Å². The number of nitrogens with one attached hydrogen (secondary N) is 2. The summed E-state index contributed by atoms with van der Waals surface area (Å²) >= 11 is 0. The summed E-state index contributed by atoms with van der Waals surface area (Å²) in [6.07, 6.45) is 5.74. The van der Waals surface area contributed by atoms with E-state index in [4.69, 9.17) is 5.73 Å². The zero-order valence-corrected chi connectivity index (χ0v) is 18.6. The molecule has 5 N–H and O–H groups in total. The lowest BCUT2D eigenvalue weighted by Crippen LogP contribution is -2.49. The average molecular weight is 457 g/mol. The van der Waals surface area contributed by atoms with Gasteiger partial charge in [0.25, 0.3) is 0 Å². The summed E-state index contributed by atoms with van der Waals surface area (Å²) < 4.78 is 27.1. The van der Waals surface area contributed by atoms with E-state index in [-0.39, 0.29) is 24.4 Å². The Balaban J connectivity index is 1.65. The van der Waals surface area contributed by atoms with Crippen LogP contribution in [-0.2, 0) is 23.3 Å². The molecule has 2 aromatic rings. The molecule has 8 heteroatoms. The number of benzene rings is 2. The Labute approximate surface area is 192 Å². The fraction of sp³-hybridized carbons (Fsp3) is 0.360. The molecule has 0 aliphatic heterocycles. The first kappa shape index (κ1) is 24.5. The van der Waals surface area contributed by atoms with Crippen LogP contribution in [0.15, 0.2) is 59.7 Å². The third kappa shape index (κ3) is 7.20. The van der Waals surface area contributed by atoms with Crippen LogP contribution in [0.25, 0.3) is 0 Å². The highest BCUT2D eigenvalue weighted by molar-refractivity contribution is 5.73. The molecule has 176 valence electrons. The molecule has 0 spiro atoms. The van der Waals surface area contributed by atoms with E-state index < -0.39 is 23.8 Å². The molecule has 0 saturated heterocycles. The topological polar surface area (TPSA) is 99.7 Å². The van der Waals surface area contributed by atoms with Gasteiger partial charge < -0.3 is 21.5 Å². The van der Waals surface area contributed by atoms with Crippen molar-refractivity contribution in [2.45, 2.75) is 50.4 Å². The monoisotopic (exact) mass is 456 g/mol. The lowest BCUT2D eigenvalue weighted by molar-refractivity contribution is -0.120. The summed E-state index contributed by atoms with van der Waals surface area (Å²) in [5.74, 6) is -1.71. The molecular weight excluding hydrogens is 426 g/mol. The van der Waals surface area contributed by atoms with Crippen LogP contribution >= 0.6 is 0 Å². The van der Waals surface area contributed by atoms with Crippen LogP contribution in [0.3, 0.4) is 0 Å². The molecule has 3 rings (SSSR count). The smallest absolute Gasteiger partial charge is 0.217 e. The Kier molecular flexibility index (Phi) is 8.30. The minimum absolute atomic E-state index is 0.106. The van der Waals surface area contributed by atoms with Crippen molar-refractivity contribution in [2.75, 3.05) is 6.54 Å². The number of aliphatic hydroxyl groups is 1. The Morgan fingerprint density at radius 2 is 1.94 bits per heavy atom. The molecule has 1 amide bonds. The van der Waals surface area contributed by atoms with Gasteiger partial charge in [0.2, 0.25) is 5.91 Å². The molecule has 2 aromatic carbocycles. The van der Waals surface area contributed by atoms with E-state index in [1.165, 1.54) is 25.3 Å². The lowest BCUT2D eigenvalue weighted by Gasteiger charge is -2.27. The number of nitrogens with zero attached hydrogens (tertiary/aromatic N) is 1. The number of amides is 1. The van der Waals surface area contributed by atoms with Crippen molar-refractivity contribution in [1.29, 1.82) is 0 Å². The molecule has 0 radical (unpaired) electrons. The molecule has 1 aliphatic carbocycles. The maximum Gasteiger partial charge on any atom is 0.217 e. The van der Waals surface area contributed by atoms with Gasteiger partial charge in [0.05, 0.1) is 18.7 Å². The van der Waals surface area contributed by atoms with E-state index in [0.717, 1.165) is 30.0 Å². The summed E-state index contributed by atoms with van der Waals surface area (Å²) in [6, 6.07) is 10.6. The van der Waals surface area contributed by atoms with E-state index in [9.17, 15) is 18.7 Å². The molecule has 1 aliphatic rings. The first-order chi connectivity index (χ1) is 15.8. The molecular formula is C25H30F2N4O2. The first-order valence-corrected chi connectivity index (χ1v) is 10.9. The number of nitrogens with two attached hydrogens (primary N) is 1. The molecule has 0 bridgehead atoms. The minimum Gasteiger partial charge on any atom is -0.405 e. The van der Waals surface area contributed by atoms with Crippen LogP contribution < -0.4 is 16.4 Å². The second-order valence-corrected chi connectivity index (χ2v) is 8.39. The molecule has 1 saturated carbocycles. The largest absolute Gasteiger partial charge is 0.405 e. The van der Waals surface area contributed by atoms with Crippen molar-refractivity contribution >= 4 is 12.1 Å². The quantitative estimate of drug-likeness (QED) is 0.391. The van der Waals surface area contributed by atoms with Crippen molar-refractivity contribution in [3.8, 4) is 0 Å². The molecule has 33 heavy (non-hydrogen) atoms. The van der Waals surface area contributed by atoms with Crippen molar-refractivity contribution in [3.05, 3.63) is 83.1 Å². The fourth-order valence-corrected chi connectivity index (χ4v) is 3.90. The van der Waals surface area contributed by atoms with Crippen molar-refractivity contribution in [1.82, 2.24) is 10.6 Å². The highest BCUT2D eigenvalue weighted by Gasteiger charge is 2.44. The summed E-state index contributed by atoms with van der Waals surface area (Å²) in [5.41, 5.74) is 7.59. The van der Waals surface area contributed by atoms with Crippen LogP contribution in [-0.4, -0.2) is 35.9 Å². The van der Waals surface area contributed by atoms with Gasteiger partial charge in [0, 0.05) is 31.3 Å². The van der Waals surface area contributed by atoms with E-state index in [1.54, 1.807) is 12.3 Å². The van der Waals surface area contributed by atoms with Crippen LogP contribution in [0, 0.1) is 11.6 Å². The number of hydrogen-bond donors (Lipinski definition) is 4. The summed E-state index contributed by atoms with van der Waals surface area (Å²) in [5, 5.41) is 17.0. The Morgan fingerprint density at radius 3 is 2.58 bits per heavy atom. The Hall–Kier alpha value is -3.10.